The maximum atomic E-state index is 5.72. The molecule has 0 spiro atoms. The summed E-state index contributed by atoms with van der Waals surface area (Å²) in [4.78, 5) is 4.79. The SMILES string of the molecule is CC.CC.CCC.CCC.CCOc1ccc(-n2cc3c(C)nnc(N4CCN(c5ccccc5)CC4)c3c2C)c(OC)c1. The van der Waals surface area contributed by atoms with E-state index in [0.29, 0.717) is 6.61 Å². The molecule has 7 nitrogen and oxygen atoms in total. The van der Waals surface area contributed by atoms with Gasteiger partial charge in [0, 0.05) is 60.6 Å². The maximum Gasteiger partial charge on any atom is 0.161 e. The molecule has 2 aromatic carbocycles. The summed E-state index contributed by atoms with van der Waals surface area (Å²) in [5.41, 5.74) is 4.29. The summed E-state index contributed by atoms with van der Waals surface area (Å²) < 4.78 is 13.6. The molecule has 0 aliphatic carbocycles. The molecule has 7 heteroatoms. The fourth-order valence-electron chi connectivity index (χ4n) is 4.79. The third-order valence-corrected chi connectivity index (χ3v) is 6.58. The largest absolute Gasteiger partial charge is 0.494 e. The summed E-state index contributed by atoms with van der Waals surface area (Å²) in [6, 6.07) is 16.6. The van der Waals surface area contributed by atoms with Crippen LogP contribution in [0.15, 0.2) is 54.7 Å². The Kier molecular flexibility index (Phi) is 18.3. The van der Waals surface area contributed by atoms with E-state index in [9.17, 15) is 0 Å². The molecule has 3 heterocycles. The van der Waals surface area contributed by atoms with Crippen LogP contribution in [-0.2, 0) is 0 Å². The summed E-state index contributed by atoms with van der Waals surface area (Å²) in [6.45, 7) is 27.0. The normalized spacial score (nSPS) is 11.9. The van der Waals surface area contributed by atoms with E-state index in [1.807, 2.05) is 59.7 Å². The van der Waals surface area contributed by atoms with Gasteiger partial charge in [0.05, 0.1) is 25.1 Å². The molecule has 0 unspecified atom stereocenters. The van der Waals surface area contributed by atoms with Gasteiger partial charge in [-0.2, -0.15) is 5.10 Å². The minimum absolute atomic E-state index is 0.617. The van der Waals surface area contributed by atoms with E-state index < -0.39 is 0 Å². The summed E-state index contributed by atoms with van der Waals surface area (Å²) >= 11 is 0. The number of aromatic nitrogens is 3. The lowest BCUT2D eigenvalue weighted by Crippen LogP contribution is -2.47. The molecule has 4 aromatic rings. The van der Waals surface area contributed by atoms with E-state index in [1.165, 1.54) is 18.5 Å². The zero-order valence-electron chi connectivity index (χ0n) is 29.7. The van der Waals surface area contributed by atoms with E-state index in [-0.39, 0.29) is 0 Å². The van der Waals surface area contributed by atoms with Crippen LogP contribution in [0.5, 0.6) is 11.5 Å². The predicted octanol–water partition coefficient (Wildman–Crippen LogP) is 9.66. The number of anilines is 2. The third-order valence-electron chi connectivity index (χ3n) is 6.58. The second-order valence-corrected chi connectivity index (χ2v) is 9.97. The Hall–Kier alpha value is -3.74. The highest BCUT2D eigenvalue weighted by atomic mass is 16.5. The molecule has 5 rings (SSSR count). The maximum absolute atomic E-state index is 5.72. The van der Waals surface area contributed by atoms with Gasteiger partial charge in [0.2, 0.25) is 0 Å². The summed E-state index contributed by atoms with van der Waals surface area (Å²) in [7, 11) is 1.69. The van der Waals surface area contributed by atoms with Gasteiger partial charge in [-0.15, -0.1) is 5.10 Å². The van der Waals surface area contributed by atoms with Crippen molar-refractivity contribution < 1.29 is 9.47 Å². The van der Waals surface area contributed by atoms with Crippen molar-refractivity contribution in [2.45, 2.75) is 89.0 Å². The summed E-state index contributed by atoms with van der Waals surface area (Å²) in [5, 5.41) is 11.5. The van der Waals surface area contributed by atoms with Crippen LogP contribution < -0.4 is 19.3 Å². The van der Waals surface area contributed by atoms with Crippen molar-refractivity contribution in [3.63, 3.8) is 0 Å². The van der Waals surface area contributed by atoms with Gasteiger partial charge in [-0.05, 0) is 45.0 Å². The highest BCUT2D eigenvalue weighted by Crippen LogP contribution is 2.36. The van der Waals surface area contributed by atoms with Gasteiger partial charge in [0.25, 0.3) is 0 Å². The van der Waals surface area contributed by atoms with Gasteiger partial charge in [0.15, 0.2) is 5.82 Å². The molecule has 0 N–H and O–H groups in total. The van der Waals surface area contributed by atoms with Gasteiger partial charge in [-0.1, -0.05) is 86.4 Å². The number of aryl methyl sites for hydroxylation is 2. The van der Waals surface area contributed by atoms with Crippen LogP contribution in [0.3, 0.4) is 0 Å². The number of para-hydroxylation sites is 1. The van der Waals surface area contributed by atoms with E-state index in [0.717, 1.165) is 71.3 Å². The average Bonchev–Trinajstić information content (AvgIpc) is 3.42. The van der Waals surface area contributed by atoms with Crippen LogP contribution in [0.25, 0.3) is 16.5 Å². The van der Waals surface area contributed by atoms with Crippen molar-refractivity contribution >= 4 is 22.3 Å². The van der Waals surface area contributed by atoms with Crippen molar-refractivity contribution in [3.8, 4) is 17.2 Å². The van der Waals surface area contributed by atoms with Crippen molar-refractivity contribution in [2.24, 2.45) is 0 Å². The van der Waals surface area contributed by atoms with E-state index in [1.54, 1.807) is 7.11 Å². The number of benzene rings is 2. The lowest BCUT2D eigenvalue weighted by atomic mass is 10.1. The smallest absolute Gasteiger partial charge is 0.161 e. The van der Waals surface area contributed by atoms with Crippen LogP contribution in [0, 0.1) is 13.8 Å². The number of methoxy groups -OCH3 is 1. The van der Waals surface area contributed by atoms with Gasteiger partial charge < -0.3 is 23.8 Å². The molecule has 0 amide bonds. The molecule has 244 valence electrons. The van der Waals surface area contributed by atoms with Crippen LogP contribution in [0.2, 0.25) is 0 Å². The molecule has 1 fully saturated rings. The van der Waals surface area contributed by atoms with E-state index in [2.05, 4.69) is 95.7 Å². The first-order valence-electron chi connectivity index (χ1n) is 16.6. The number of ether oxygens (including phenoxy) is 2. The van der Waals surface area contributed by atoms with Crippen molar-refractivity contribution in [2.75, 3.05) is 49.7 Å². The van der Waals surface area contributed by atoms with Crippen LogP contribution in [0.4, 0.5) is 11.5 Å². The lowest BCUT2D eigenvalue weighted by molar-refractivity contribution is 0.336. The lowest BCUT2D eigenvalue weighted by Gasteiger charge is -2.36. The summed E-state index contributed by atoms with van der Waals surface area (Å²) in [6.07, 6.45) is 4.65. The Morgan fingerprint density at radius 3 is 1.86 bits per heavy atom. The Labute approximate surface area is 268 Å². The molecular formula is C37H59N5O2. The number of hydrogen-bond acceptors (Lipinski definition) is 6. The van der Waals surface area contributed by atoms with Crippen LogP contribution in [0.1, 0.15) is 86.5 Å². The second kappa shape index (κ2) is 21.0. The number of hydrogen-bond donors (Lipinski definition) is 0. The molecule has 1 saturated heterocycles. The molecule has 0 atom stereocenters. The Morgan fingerprint density at radius 2 is 1.32 bits per heavy atom. The van der Waals surface area contributed by atoms with Crippen molar-refractivity contribution in [1.82, 2.24) is 14.8 Å². The zero-order chi connectivity index (χ0) is 33.1. The number of nitrogens with zero attached hydrogens (tertiary/aromatic N) is 5. The Bertz CT molecular complexity index is 1330. The van der Waals surface area contributed by atoms with Crippen molar-refractivity contribution in [1.29, 1.82) is 0 Å². The monoisotopic (exact) mass is 605 g/mol. The first-order chi connectivity index (χ1) is 21.4. The van der Waals surface area contributed by atoms with Gasteiger partial charge in [-0.3, -0.25) is 0 Å². The summed E-state index contributed by atoms with van der Waals surface area (Å²) in [5.74, 6) is 2.52. The molecule has 2 aromatic heterocycles. The number of rotatable bonds is 6. The first-order valence-corrected chi connectivity index (χ1v) is 16.6. The van der Waals surface area contributed by atoms with Crippen LogP contribution in [-0.4, -0.2) is 54.7 Å². The van der Waals surface area contributed by atoms with Crippen molar-refractivity contribution in [3.05, 3.63) is 66.1 Å². The Morgan fingerprint density at radius 1 is 0.750 bits per heavy atom. The highest BCUT2D eigenvalue weighted by Gasteiger charge is 2.24. The quantitative estimate of drug-likeness (QED) is 0.218. The third kappa shape index (κ3) is 9.90. The fourth-order valence-corrected chi connectivity index (χ4v) is 4.79. The molecular weight excluding hydrogens is 546 g/mol. The van der Waals surface area contributed by atoms with E-state index >= 15 is 0 Å². The molecule has 0 saturated carbocycles. The fraction of sp³-hybridized carbons (Fsp3) is 0.514. The van der Waals surface area contributed by atoms with E-state index in [4.69, 9.17) is 9.47 Å². The molecule has 1 aliphatic rings. The first kappa shape index (κ1) is 38.3. The topological polar surface area (TPSA) is 55.7 Å². The standard InChI is InChI=1S/C27H31N5O2.2C3H8.2C2H6/c1-5-34-22-11-12-24(25(17-22)33-4)32-18-23-19(2)28-29-27(26(23)20(32)3)31-15-13-30(14-16-31)21-9-7-6-8-10-21;2*1-3-2;2*1-2/h6-12,17-18H,5,13-16H2,1-4H3;2*3H2,1-2H3;2*1-2H3. The average molecular weight is 606 g/mol. The predicted molar refractivity (Wildman–Crippen MR) is 192 cm³/mol. The van der Waals surface area contributed by atoms with Gasteiger partial charge >= 0.3 is 0 Å². The molecule has 0 bridgehead atoms. The number of fused-ring (bicyclic) bond motifs is 1. The molecule has 44 heavy (non-hydrogen) atoms. The van der Waals surface area contributed by atoms with Gasteiger partial charge in [-0.25, -0.2) is 0 Å². The minimum Gasteiger partial charge on any atom is -0.494 e. The highest BCUT2D eigenvalue weighted by molar-refractivity contribution is 5.96. The number of piperazine rings is 1. The van der Waals surface area contributed by atoms with Crippen LogP contribution >= 0.6 is 0 Å². The Balaban J connectivity index is 0.000000868. The second-order valence-electron chi connectivity index (χ2n) is 9.97. The zero-order valence-corrected chi connectivity index (χ0v) is 29.7. The minimum atomic E-state index is 0.617. The van der Waals surface area contributed by atoms with Gasteiger partial charge in [0.1, 0.15) is 11.5 Å². The molecule has 0 radical (unpaired) electrons. The molecule has 1 aliphatic heterocycles.